The molecular formula is C22H19N3O3. The van der Waals surface area contributed by atoms with Crippen molar-refractivity contribution in [3.63, 3.8) is 0 Å². The summed E-state index contributed by atoms with van der Waals surface area (Å²) in [5.74, 6) is 0.0250. The molecule has 0 radical (unpaired) electrons. The molecule has 2 aliphatic heterocycles. The van der Waals surface area contributed by atoms with Crippen molar-refractivity contribution in [2.45, 2.75) is 12.8 Å². The number of methoxy groups -OCH3 is 1. The van der Waals surface area contributed by atoms with Crippen molar-refractivity contribution >= 4 is 23.1 Å². The van der Waals surface area contributed by atoms with E-state index in [0.29, 0.717) is 33.8 Å². The van der Waals surface area contributed by atoms with Gasteiger partial charge in [-0.3, -0.25) is 9.59 Å². The molecule has 28 heavy (non-hydrogen) atoms. The second kappa shape index (κ2) is 7.20. The van der Waals surface area contributed by atoms with Gasteiger partial charge in [0.15, 0.2) is 0 Å². The molecule has 0 unspecified atom stereocenters. The minimum atomic E-state index is -0.346. The normalized spacial score (nSPS) is 16.7. The molecule has 1 fully saturated rings. The van der Waals surface area contributed by atoms with Crippen LogP contribution in [0.2, 0.25) is 0 Å². The largest absolute Gasteiger partial charge is 0.497 e. The molecular weight excluding hydrogens is 354 g/mol. The monoisotopic (exact) mass is 373 g/mol. The zero-order valence-corrected chi connectivity index (χ0v) is 15.5. The van der Waals surface area contributed by atoms with Gasteiger partial charge in [0, 0.05) is 13.1 Å². The summed E-state index contributed by atoms with van der Waals surface area (Å²) in [5, 5.41) is 8.99. The standard InChI is InChI=1S/C22H19N3O3/c1-28-18-10-6-16(7-11-18)19-20(24-12-2-3-13-24)22(27)25(21(19)26)17-8-4-15(14-23)5-9-17/h4-11H,2-3,12-13H2,1H3. The molecule has 4 rings (SSSR count). The third-order valence-corrected chi connectivity index (χ3v) is 5.12. The number of benzene rings is 2. The number of amides is 2. The molecule has 0 atom stereocenters. The Morgan fingerprint density at radius 3 is 2.14 bits per heavy atom. The van der Waals surface area contributed by atoms with Gasteiger partial charge in [-0.15, -0.1) is 0 Å². The van der Waals surface area contributed by atoms with Gasteiger partial charge in [-0.1, -0.05) is 12.1 Å². The van der Waals surface area contributed by atoms with Crippen LogP contribution in [0.4, 0.5) is 5.69 Å². The second-order valence-electron chi connectivity index (χ2n) is 6.75. The first-order chi connectivity index (χ1) is 13.6. The third-order valence-electron chi connectivity index (χ3n) is 5.12. The van der Waals surface area contributed by atoms with Crippen LogP contribution in [-0.2, 0) is 9.59 Å². The molecule has 0 bridgehead atoms. The first-order valence-electron chi connectivity index (χ1n) is 9.16. The van der Waals surface area contributed by atoms with E-state index in [9.17, 15) is 9.59 Å². The first kappa shape index (κ1) is 17.8. The highest BCUT2D eigenvalue weighted by Gasteiger charge is 2.42. The molecule has 2 aromatic carbocycles. The highest BCUT2D eigenvalue weighted by molar-refractivity contribution is 6.45. The molecule has 1 saturated heterocycles. The van der Waals surface area contributed by atoms with Crippen LogP contribution in [0.1, 0.15) is 24.0 Å². The molecule has 0 aliphatic carbocycles. The van der Waals surface area contributed by atoms with Crippen molar-refractivity contribution in [2.75, 3.05) is 25.1 Å². The minimum absolute atomic E-state index is 0.317. The van der Waals surface area contributed by atoms with Crippen LogP contribution >= 0.6 is 0 Å². The van der Waals surface area contributed by atoms with Crippen molar-refractivity contribution < 1.29 is 14.3 Å². The lowest BCUT2D eigenvalue weighted by atomic mass is 10.0. The van der Waals surface area contributed by atoms with Gasteiger partial charge in [-0.05, 0) is 54.8 Å². The van der Waals surface area contributed by atoms with Crippen LogP contribution in [0.5, 0.6) is 5.75 Å². The number of nitriles is 1. The summed E-state index contributed by atoms with van der Waals surface area (Å²) < 4.78 is 5.20. The molecule has 0 saturated carbocycles. The number of hydrogen-bond acceptors (Lipinski definition) is 5. The average molecular weight is 373 g/mol. The van der Waals surface area contributed by atoms with Gasteiger partial charge in [0.25, 0.3) is 11.8 Å². The predicted octanol–water partition coefficient (Wildman–Crippen LogP) is 2.95. The lowest BCUT2D eigenvalue weighted by molar-refractivity contribution is -0.120. The number of nitrogens with zero attached hydrogens (tertiary/aromatic N) is 3. The summed E-state index contributed by atoms with van der Waals surface area (Å²) in [6.45, 7) is 1.52. The topological polar surface area (TPSA) is 73.6 Å². The van der Waals surface area contributed by atoms with E-state index in [1.807, 2.05) is 11.0 Å². The third kappa shape index (κ3) is 2.91. The quantitative estimate of drug-likeness (QED) is 0.771. The van der Waals surface area contributed by atoms with E-state index in [-0.39, 0.29) is 11.8 Å². The molecule has 6 heteroatoms. The second-order valence-corrected chi connectivity index (χ2v) is 6.75. The first-order valence-corrected chi connectivity index (χ1v) is 9.16. The summed E-state index contributed by atoms with van der Waals surface area (Å²) >= 11 is 0. The van der Waals surface area contributed by atoms with E-state index in [1.165, 1.54) is 4.90 Å². The maximum absolute atomic E-state index is 13.3. The average Bonchev–Trinajstić information content (AvgIpc) is 3.34. The van der Waals surface area contributed by atoms with Gasteiger partial charge in [0.1, 0.15) is 11.4 Å². The smallest absolute Gasteiger partial charge is 0.282 e. The number of hydrogen-bond donors (Lipinski definition) is 0. The van der Waals surface area contributed by atoms with Gasteiger partial charge < -0.3 is 9.64 Å². The highest BCUT2D eigenvalue weighted by Crippen LogP contribution is 2.36. The molecule has 2 aromatic rings. The van der Waals surface area contributed by atoms with Crippen LogP contribution in [0.15, 0.2) is 54.2 Å². The number of carbonyl (C=O) groups is 2. The molecule has 140 valence electrons. The van der Waals surface area contributed by atoms with Crippen LogP contribution in [0.25, 0.3) is 5.57 Å². The summed E-state index contributed by atoms with van der Waals surface area (Å²) in [4.78, 5) is 29.8. The Kier molecular flexibility index (Phi) is 4.58. The molecule has 0 spiro atoms. The summed E-state index contributed by atoms with van der Waals surface area (Å²) in [6.07, 6.45) is 2.00. The predicted molar refractivity (Wildman–Crippen MR) is 104 cm³/mol. The summed E-state index contributed by atoms with van der Waals surface area (Å²) in [6, 6.07) is 15.7. The number of carbonyl (C=O) groups excluding carboxylic acids is 2. The Balaban J connectivity index is 1.79. The number of imide groups is 1. The van der Waals surface area contributed by atoms with Gasteiger partial charge in [-0.2, -0.15) is 5.26 Å². The van der Waals surface area contributed by atoms with E-state index < -0.39 is 0 Å². The lowest BCUT2D eigenvalue weighted by Crippen LogP contribution is -2.34. The number of likely N-dealkylation sites (tertiary alicyclic amines) is 1. The van der Waals surface area contributed by atoms with E-state index in [1.54, 1.807) is 55.6 Å². The van der Waals surface area contributed by atoms with E-state index in [2.05, 4.69) is 0 Å². The molecule has 0 aromatic heterocycles. The number of anilines is 1. The maximum Gasteiger partial charge on any atom is 0.282 e. The van der Waals surface area contributed by atoms with E-state index in [4.69, 9.17) is 10.00 Å². The Labute approximate surface area is 163 Å². The van der Waals surface area contributed by atoms with E-state index in [0.717, 1.165) is 25.9 Å². The lowest BCUT2D eigenvalue weighted by Gasteiger charge is -2.20. The molecule has 2 heterocycles. The van der Waals surface area contributed by atoms with Crippen molar-refractivity contribution in [3.05, 3.63) is 65.4 Å². The SMILES string of the molecule is COc1ccc(C2=C(N3CCCC3)C(=O)N(c3ccc(C#N)cc3)C2=O)cc1. The Morgan fingerprint density at radius 1 is 0.929 bits per heavy atom. The highest BCUT2D eigenvalue weighted by atomic mass is 16.5. The minimum Gasteiger partial charge on any atom is -0.497 e. The Hall–Kier alpha value is -3.59. The summed E-state index contributed by atoms with van der Waals surface area (Å²) in [7, 11) is 1.58. The van der Waals surface area contributed by atoms with E-state index >= 15 is 0 Å². The van der Waals surface area contributed by atoms with Crippen molar-refractivity contribution in [1.82, 2.24) is 4.90 Å². The van der Waals surface area contributed by atoms with Gasteiger partial charge in [0.2, 0.25) is 0 Å². The van der Waals surface area contributed by atoms with Gasteiger partial charge >= 0.3 is 0 Å². The maximum atomic E-state index is 13.3. The van der Waals surface area contributed by atoms with Gasteiger partial charge in [-0.25, -0.2) is 4.90 Å². The fourth-order valence-electron chi connectivity index (χ4n) is 3.69. The summed E-state index contributed by atoms with van der Waals surface area (Å²) in [5.41, 5.74) is 2.51. The Morgan fingerprint density at radius 2 is 1.57 bits per heavy atom. The molecule has 2 aliphatic rings. The zero-order chi connectivity index (χ0) is 19.7. The van der Waals surface area contributed by atoms with Gasteiger partial charge in [0.05, 0.1) is 30.0 Å². The molecule has 0 N–H and O–H groups in total. The fourth-order valence-corrected chi connectivity index (χ4v) is 3.69. The Bertz CT molecular complexity index is 995. The van der Waals surface area contributed by atoms with Crippen LogP contribution in [0.3, 0.4) is 0 Å². The number of rotatable bonds is 4. The zero-order valence-electron chi connectivity index (χ0n) is 15.5. The van der Waals surface area contributed by atoms with Crippen LogP contribution in [0, 0.1) is 11.3 Å². The van der Waals surface area contributed by atoms with Crippen molar-refractivity contribution in [1.29, 1.82) is 5.26 Å². The van der Waals surface area contributed by atoms with Crippen molar-refractivity contribution in [3.8, 4) is 11.8 Å². The van der Waals surface area contributed by atoms with Crippen molar-refractivity contribution in [2.24, 2.45) is 0 Å². The number of ether oxygens (including phenoxy) is 1. The molecule has 2 amide bonds. The fraction of sp³-hybridized carbons (Fsp3) is 0.227. The van der Waals surface area contributed by atoms with Crippen LogP contribution in [-0.4, -0.2) is 36.9 Å². The molecule has 6 nitrogen and oxygen atoms in total. The van der Waals surface area contributed by atoms with Crippen LogP contribution < -0.4 is 9.64 Å².